The fraction of sp³-hybridized carbons (Fsp3) is 0.0833. The minimum Gasteiger partial charge on any atom is -0.263 e. The number of nitrogens with one attached hydrogen (secondary N) is 1. The number of aromatic nitrogens is 1. The van der Waals surface area contributed by atoms with Crippen LogP contribution in [0.5, 0.6) is 0 Å². The van der Waals surface area contributed by atoms with Gasteiger partial charge in [0.05, 0.1) is 0 Å². The maximum atomic E-state index is 13.5. The van der Waals surface area contributed by atoms with Crippen LogP contribution < -0.4 is 4.72 Å². The van der Waals surface area contributed by atoms with Crippen molar-refractivity contribution < 1.29 is 17.2 Å². The number of halogens is 3. The summed E-state index contributed by atoms with van der Waals surface area (Å²) in [7, 11) is -4.17. The van der Waals surface area contributed by atoms with Crippen molar-refractivity contribution >= 4 is 31.8 Å². The summed E-state index contributed by atoms with van der Waals surface area (Å²) in [5.41, 5.74) is 0.561. The maximum Gasteiger partial charge on any atom is 0.265 e. The van der Waals surface area contributed by atoms with E-state index in [1.807, 2.05) is 0 Å². The van der Waals surface area contributed by atoms with Crippen LogP contribution in [0.1, 0.15) is 5.56 Å². The van der Waals surface area contributed by atoms with E-state index in [9.17, 15) is 17.2 Å². The van der Waals surface area contributed by atoms with E-state index in [1.165, 1.54) is 6.20 Å². The first-order chi connectivity index (χ1) is 9.29. The van der Waals surface area contributed by atoms with Crippen LogP contribution in [0.25, 0.3) is 0 Å². The molecule has 1 heterocycles. The van der Waals surface area contributed by atoms with Crippen LogP contribution in [0.2, 0.25) is 0 Å². The standard InChI is InChI=1S/C12H9BrF2N2O2S/c1-7-4-8(13)6-16-12(7)17-20(18,19)11-3-2-9(14)5-10(11)15/h2-6H,1H3,(H,16,17). The molecule has 0 atom stereocenters. The molecule has 0 radical (unpaired) electrons. The monoisotopic (exact) mass is 362 g/mol. The lowest BCUT2D eigenvalue weighted by Crippen LogP contribution is -2.16. The molecule has 0 aliphatic carbocycles. The molecule has 2 rings (SSSR count). The third kappa shape index (κ3) is 3.13. The van der Waals surface area contributed by atoms with Gasteiger partial charge in [0.2, 0.25) is 0 Å². The lowest BCUT2D eigenvalue weighted by atomic mass is 10.3. The van der Waals surface area contributed by atoms with Crippen LogP contribution in [-0.2, 0) is 10.0 Å². The van der Waals surface area contributed by atoms with Gasteiger partial charge in [-0.05, 0) is 46.6 Å². The summed E-state index contributed by atoms with van der Waals surface area (Å²) in [6, 6.07) is 3.91. The third-order valence-electron chi connectivity index (χ3n) is 2.46. The quantitative estimate of drug-likeness (QED) is 0.911. The van der Waals surface area contributed by atoms with Crippen molar-refractivity contribution in [3.63, 3.8) is 0 Å². The molecule has 106 valence electrons. The van der Waals surface area contributed by atoms with E-state index in [2.05, 4.69) is 25.6 Å². The van der Waals surface area contributed by atoms with Crippen LogP contribution in [-0.4, -0.2) is 13.4 Å². The fourth-order valence-corrected chi connectivity index (χ4v) is 3.11. The number of anilines is 1. The van der Waals surface area contributed by atoms with Gasteiger partial charge in [-0.2, -0.15) is 0 Å². The molecule has 0 saturated carbocycles. The van der Waals surface area contributed by atoms with Gasteiger partial charge >= 0.3 is 0 Å². The molecule has 0 bridgehead atoms. The van der Waals surface area contributed by atoms with E-state index in [1.54, 1.807) is 13.0 Å². The Hall–Kier alpha value is -1.54. The van der Waals surface area contributed by atoms with E-state index >= 15 is 0 Å². The summed E-state index contributed by atoms with van der Waals surface area (Å²) in [6.07, 6.45) is 1.41. The van der Waals surface area contributed by atoms with Gasteiger partial charge in [-0.3, -0.25) is 4.72 Å². The second kappa shape index (κ2) is 5.45. The number of rotatable bonds is 3. The molecule has 2 aromatic rings. The highest BCUT2D eigenvalue weighted by Gasteiger charge is 2.20. The van der Waals surface area contributed by atoms with Gasteiger partial charge in [-0.25, -0.2) is 22.2 Å². The summed E-state index contributed by atoms with van der Waals surface area (Å²) in [5, 5.41) is 0. The van der Waals surface area contributed by atoms with Crippen molar-refractivity contribution in [3.05, 3.63) is 52.1 Å². The molecule has 1 aromatic carbocycles. The van der Waals surface area contributed by atoms with E-state index in [0.29, 0.717) is 16.1 Å². The van der Waals surface area contributed by atoms with Crippen molar-refractivity contribution in [2.45, 2.75) is 11.8 Å². The Morgan fingerprint density at radius 3 is 2.55 bits per heavy atom. The number of hydrogen-bond donors (Lipinski definition) is 1. The average Bonchev–Trinajstić information content (AvgIpc) is 2.32. The Kier molecular flexibility index (Phi) is 4.05. The van der Waals surface area contributed by atoms with Gasteiger partial charge in [-0.15, -0.1) is 0 Å². The van der Waals surface area contributed by atoms with Crippen molar-refractivity contribution in [1.82, 2.24) is 4.98 Å². The Balaban J connectivity index is 2.41. The normalized spacial score (nSPS) is 11.4. The zero-order valence-electron chi connectivity index (χ0n) is 10.2. The Bertz CT molecular complexity index is 766. The number of hydrogen-bond acceptors (Lipinski definition) is 3. The molecule has 0 aliphatic heterocycles. The predicted octanol–water partition coefficient (Wildman–Crippen LogP) is 3.23. The van der Waals surface area contributed by atoms with Crippen molar-refractivity contribution in [3.8, 4) is 0 Å². The first kappa shape index (κ1) is 14.9. The zero-order valence-corrected chi connectivity index (χ0v) is 12.6. The SMILES string of the molecule is Cc1cc(Br)cnc1NS(=O)(=O)c1ccc(F)cc1F. The summed E-state index contributed by atoms with van der Waals surface area (Å²) >= 11 is 3.20. The average molecular weight is 363 g/mol. The van der Waals surface area contributed by atoms with E-state index in [0.717, 1.165) is 12.1 Å². The highest BCUT2D eigenvalue weighted by molar-refractivity contribution is 9.10. The first-order valence-electron chi connectivity index (χ1n) is 5.39. The van der Waals surface area contributed by atoms with E-state index in [4.69, 9.17) is 0 Å². The zero-order chi connectivity index (χ0) is 14.9. The van der Waals surface area contributed by atoms with Crippen LogP contribution >= 0.6 is 15.9 Å². The molecule has 0 amide bonds. The molecule has 0 aliphatic rings. The highest BCUT2D eigenvalue weighted by Crippen LogP contribution is 2.22. The molecule has 1 aromatic heterocycles. The summed E-state index contributed by atoms with van der Waals surface area (Å²) in [6.45, 7) is 1.65. The summed E-state index contributed by atoms with van der Waals surface area (Å²) in [4.78, 5) is 3.27. The number of nitrogens with zero attached hydrogens (tertiary/aromatic N) is 1. The molecule has 0 unspecified atom stereocenters. The second-order valence-corrected chi connectivity index (χ2v) is 6.57. The minimum absolute atomic E-state index is 0.0805. The molecule has 0 fully saturated rings. The molecule has 4 nitrogen and oxygen atoms in total. The lowest BCUT2D eigenvalue weighted by molar-refractivity contribution is 0.551. The molecular weight excluding hydrogens is 354 g/mol. The van der Waals surface area contributed by atoms with Gasteiger partial charge in [0.25, 0.3) is 10.0 Å². The Labute approximate surface area is 123 Å². The molecule has 0 spiro atoms. The van der Waals surface area contributed by atoms with Crippen molar-refractivity contribution in [2.75, 3.05) is 4.72 Å². The van der Waals surface area contributed by atoms with Gasteiger partial charge in [-0.1, -0.05) is 0 Å². The van der Waals surface area contributed by atoms with Gasteiger partial charge < -0.3 is 0 Å². The molecule has 8 heteroatoms. The Morgan fingerprint density at radius 2 is 1.95 bits per heavy atom. The molecule has 20 heavy (non-hydrogen) atoms. The topological polar surface area (TPSA) is 59.1 Å². The van der Waals surface area contributed by atoms with Crippen molar-refractivity contribution in [1.29, 1.82) is 0 Å². The van der Waals surface area contributed by atoms with Crippen LogP contribution in [0.15, 0.2) is 39.8 Å². The summed E-state index contributed by atoms with van der Waals surface area (Å²) < 4.78 is 53.3. The van der Waals surface area contributed by atoms with Crippen LogP contribution in [0.3, 0.4) is 0 Å². The fourth-order valence-electron chi connectivity index (χ4n) is 1.52. The van der Waals surface area contributed by atoms with Crippen LogP contribution in [0, 0.1) is 18.6 Å². The van der Waals surface area contributed by atoms with Gasteiger partial charge in [0.1, 0.15) is 22.3 Å². The number of pyridine rings is 1. The number of aryl methyl sites for hydroxylation is 1. The van der Waals surface area contributed by atoms with E-state index < -0.39 is 26.6 Å². The van der Waals surface area contributed by atoms with Gasteiger partial charge in [0, 0.05) is 16.7 Å². The first-order valence-corrected chi connectivity index (χ1v) is 7.67. The minimum atomic E-state index is -4.17. The third-order valence-corrected chi connectivity index (χ3v) is 4.27. The predicted molar refractivity (Wildman–Crippen MR) is 73.8 cm³/mol. The van der Waals surface area contributed by atoms with Crippen molar-refractivity contribution in [2.24, 2.45) is 0 Å². The Morgan fingerprint density at radius 1 is 1.25 bits per heavy atom. The molecular formula is C12H9BrF2N2O2S. The van der Waals surface area contributed by atoms with Crippen LogP contribution in [0.4, 0.5) is 14.6 Å². The maximum absolute atomic E-state index is 13.5. The number of sulfonamides is 1. The molecule has 0 saturated heterocycles. The largest absolute Gasteiger partial charge is 0.265 e. The van der Waals surface area contributed by atoms with E-state index in [-0.39, 0.29) is 5.82 Å². The smallest absolute Gasteiger partial charge is 0.263 e. The summed E-state index contributed by atoms with van der Waals surface area (Å²) in [5.74, 6) is -1.93. The highest BCUT2D eigenvalue weighted by atomic mass is 79.9. The molecule has 1 N–H and O–H groups in total. The van der Waals surface area contributed by atoms with Gasteiger partial charge in [0.15, 0.2) is 0 Å². The second-order valence-electron chi connectivity index (χ2n) is 4.00. The lowest BCUT2D eigenvalue weighted by Gasteiger charge is -2.10. The number of benzene rings is 1.